The smallest absolute Gasteiger partial charge is 0.220 e. The van der Waals surface area contributed by atoms with E-state index in [1.165, 1.54) is 5.56 Å². The Kier molecular flexibility index (Phi) is 8.55. The Labute approximate surface area is 137 Å². The average Bonchev–Trinajstić information content (AvgIpc) is 2.96. The number of halogens is 2. The first-order chi connectivity index (χ1) is 10.2. The molecule has 1 fully saturated rings. The SMILES string of the molecule is CC.O=C1CC(c2cccc(N(CCCl)CCCl)c2)CN1. The van der Waals surface area contributed by atoms with E-state index < -0.39 is 0 Å². The first kappa shape index (κ1) is 18.1. The van der Waals surface area contributed by atoms with Gasteiger partial charge in [0.2, 0.25) is 5.91 Å². The molecule has 1 heterocycles. The number of amides is 1. The number of hydrogen-bond donors (Lipinski definition) is 1. The number of nitrogens with zero attached hydrogens (tertiary/aromatic N) is 1. The molecule has 1 amide bonds. The molecular formula is C16H24Cl2N2O. The van der Waals surface area contributed by atoms with Crippen LogP contribution in [-0.4, -0.2) is 37.3 Å². The molecule has 1 unspecified atom stereocenters. The summed E-state index contributed by atoms with van der Waals surface area (Å²) in [7, 11) is 0. The Bertz CT molecular complexity index is 434. The van der Waals surface area contributed by atoms with Crippen LogP contribution in [-0.2, 0) is 4.79 Å². The molecule has 1 atom stereocenters. The van der Waals surface area contributed by atoms with E-state index in [2.05, 4.69) is 28.4 Å². The van der Waals surface area contributed by atoms with E-state index in [9.17, 15) is 4.79 Å². The van der Waals surface area contributed by atoms with E-state index in [0.717, 1.165) is 25.3 Å². The minimum Gasteiger partial charge on any atom is -0.369 e. The molecule has 118 valence electrons. The minimum atomic E-state index is 0.133. The first-order valence-corrected chi connectivity index (χ1v) is 8.55. The summed E-state index contributed by atoms with van der Waals surface area (Å²) in [5.74, 6) is 1.56. The van der Waals surface area contributed by atoms with Crippen LogP contribution in [0.1, 0.15) is 31.7 Å². The van der Waals surface area contributed by atoms with Gasteiger partial charge < -0.3 is 10.2 Å². The normalized spacial score (nSPS) is 17.0. The van der Waals surface area contributed by atoms with Crippen LogP contribution < -0.4 is 10.2 Å². The molecule has 1 N–H and O–H groups in total. The number of carbonyl (C=O) groups excluding carboxylic acids is 1. The lowest BCUT2D eigenvalue weighted by atomic mass is 9.97. The Morgan fingerprint density at radius 3 is 2.43 bits per heavy atom. The van der Waals surface area contributed by atoms with Crippen LogP contribution in [0, 0.1) is 0 Å². The van der Waals surface area contributed by atoms with E-state index >= 15 is 0 Å². The Morgan fingerprint density at radius 2 is 1.90 bits per heavy atom. The van der Waals surface area contributed by atoms with Crippen LogP contribution in [0.3, 0.4) is 0 Å². The Morgan fingerprint density at radius 1 is 1.24 bits per heavy atom. The number of nitrogens with one attached hydrogen (secondary N) is 1. The molecule has 1 aromatic rings. The van der Waals surface area contributed by atoms with Gasteiger partial charge in [-0.2, -0.15) is 0 Å². The van der Waals surface area contributed by atoms with Crippen molar-refractivity contribution in [3.63, 3.8) is 0 Å². The third-order valence-electron chi connectivity index (χ3n) is 3.39. The van der Waals surface area contributed by atoms with Gasteiger partial charge in [-0.1, -0.05) is 26.0 Å². The van der Waals surface area contributed by atoms with E-state index in [0.29, 0.717) is 18.2 Å². The molecule has 0 saturated carbocycles. The summed E-state index contributed by atoms with van der Waals surface area (Å²) in [5.41, 5.74) is 2.32. The van der Waals surface area contributed by atoms with Gasteiger partial charge in [-0.3, -0.25) is 4.79 Å². The maximum Gasteiger partial charge on any atom is 0.220 e. The second kappa shape index (κ2) is 9.91. The van der Waals surface area contributed by atoms with Crippen LogP contribution in [0.15, 0.2) is 24.3 Å². The fourth-order valence-electron chi connectivity index (χ4n) is 2.39. The molecule has 1 aliphatic rings. The standard InChI is InChI=1S/C14H18Cl2N2O.C2H6/c15-4-6-18(7-5-16)13-3-1-2-11(8-13)12-9-14(19)17-10-12;1-2/h1-3,8,12H,4-7,9-10H2,(H,17,19);1-2H3. The Hall–Kier alpha value is -0.930. The van der Waals surface area contributed by atoms with Crippen molar-refractivity contribution in [1.82, 2.24) is 5.32 Å². The highest BCUT2D eigenvalue weighted by atomic mass is 35.5. The zero-order valence-corrected chi connectivity index (χ0v) is 14.3. The molecule has 2 rings (SSSR count). The molecule has 1 saturated heterocycles. The maximum atomic E-state index is 11.3. The molecule has 0 spiro atoms. The summed E-state index contributed by atoms with van der Waals surface area (Å²) in [6.45, 7) is 6.28. The number of alkyl halides is 2. The second-order valence-corrected chi connectivity index (χ2v) is 5.42. The third kappa shape index (κ3) is 5.40. The molecule has 5 heteroatoms. The maximum absolute atomic E-state index is 11.3. The van der Waals surface area contributed by atoms with E-state index in [-0.39, 0.29) is 11.8 Å². The third-order valence-corrected chi connectivity index (χ3v) is 3.73. The predicted octanol–water partition coefficient (Wildman–Crippen LogP) is 3.60. The lowest BCUT2D eigenvalue weighted by molar-refractivity contribution is -0.119. The van der Waals surface area contributed by atoms with Gasteiger partial charge in [-0.05, 0) is 17.7 Å². The van der Waals surface area contributed by atoms with Gasteiger partial charge in [0.15, 0.2) is 0 Å². The highest BCUT2D eigenvalue weighted by Crippen LogP contribution is 2.26. The van der Waals surface area contributed by atoms with Gasteiger partial charge in [-0.25, -0.2) is 0 Å². The van der Waals surface area contributed by atoms with Crippen LogP contribution in [0.25, 0.3) is 0 Å². The highest BCUT2D eigenvalue weighted by Gasteiger charge is 2.23. The predicted molar refractivity (Wildman–Crippen MR) is 91.8 cm³/mol. The topological polar surface area (TPSA) is 32.3 Å². The summed E-state index contributed by atoms with van der Waals surface area (Å²) >= 11 is 11.7. The summed E-state index contributed by atoms with van der Waals surface area (Å²) < 4.78 is 0. The molecular weight excluding hydrogens is 307 g/mol. The van der Waals surface area contributed by atoms with Gasteiger partial charge >= 0.3 is 0 Å². The van der Waals surface area contributed by atoms with Gasteiger partial charge in [0.25, 0.3) is 0 Å². The zero-order valence-electron chi connectivity index (χ0n) is 12.7. The van der Waals surface area contributed by atoms with Crippen molar-refractivity contribution >= 4 is 34.8 Å². The molecule has 0 bridgehead atoms. The number of hydrogen-bond acceptors (Lipinski definition) is 2. The number of anilines is 1. The van der Waals surface area contributed by atoms with Crippen LogP contribution in [0.4, 0.5) is 5.69 Å². The minimum absolute atomic E-state index is 0.133. The van der Waals surface area contributed by atoms with Gasteiger partial charge in [0.05, 0.1) is 0 Å². The summed E-state index contributed by atoms with van der Waals surface area (Å²) in [6.07, 6.45) is 0.578. The van der Waals surface area contributed by atoms with Crippen molar-refractivity contribution in [2.24, 2.45) is 0 Å². The van der Waals surface area contributed by atoms with Gasteiger partial charge in [0.1, 0.15) is 0 Å². The zero-order chi connectivity index (χ0) is 15.7. The van der Waals surface area contributed by atoms with Crippen molar-refractivity contribution in [3.05, 3.63) is 29.8 Å². The van der Waals surface area contributed by atoms with E-state index in [4.69, 9.17) is 23.2 Å². The summed E-state index contributed by atoms with van der Waals surface area (Å²) in [4.78, 5) is 13.5. The number of rotatable bonds is 6. The summed E-state index contributed by atoms with van der Waals surface area (Å²) in [5, 5.41) is 2.87. The quantitative estimate of drug-likeness (QED) is 0.808. The van der Waals surface area contributed by atoms with E-state index in [1.54, 1.807) is 0 Å². The monoisotopic (exact) mass is 330 g/mol. The Balaban J connectivity index is 0.00000106. The largest absolute Gasteiger partial charge is 0.369 e. The van der Waals surface area contributed by atoms with E-state index in [1.807, 2.05) is 19.9 Å². The second-order valence-electron chi connectivity index (χ2n) is 4.67. The van der Waals surface area contributed by atoms with Gasteiger partial charge in [0, 0.05) is 49.4 Å². The van der Waals surface area contributed by atoms with Crippen LogP contribution in [0.2, 0.25) is 0 Å². The fourth-order valence-corrected chi connectivity index (χ4v) is 2.80. The summed E-state index contributed by atoms with van der Waals surface area (Å²) in [6, 6.07) is 8.31. The van der Waals surface area contributed by atoms with Crippen molar-refractivity contribution in [1.29, 1.82) is 0 Å². The van der Waals surface area contributed by atoms with Gasteiger partial charge in [-0.15, -0.1) is 23.2 Å². The molecule has 0 radical (unpaired) electrons. The molecule has 0 aromatic heterocycles. The number of benzene rings is 1. The lowest BCUT2D eigenvalue weighted by Gasteiger charge is -2.24. The van der Waals surface area contributed by atoms with Crippen LogP contribution >= 0.6 is 23.2 Å². The van der Waals surface area contributed by atoms with Crippen molar-refractivity contribution in [3.8, 4) is 0 Å². The first-order valence-electron chi connectivity index (χ1n) is 7.48. The molecule has 1 aromatic carbocycles. The van der Waals surface area contributed by atoms with Crippen molar-refractivity contribution in [2.75, 3.05) is 36.3 Å². The van der Waals surface area contributed by atoms with Crippen molar-refractivity contribution < 1.29 is 4.79 Å². The number of carbonyl (C=O) groups is 1. The molecule has 0 aliphatic carbocycles. The average molecular weight is 331 g/mol. The van der Waals surface area contributed by atoms with Crippen molar-refractivity contribution in [2.45, 2.75) is 26.2 Å². The molecule has 3 nitrogen and oxygen atoms in total. The molecule has 21 heavy (non-hydrogen) atoms. The fraction of sp³-hybridized carbons (Fsp3) is 0.562. The van der Waals surface area contributed by atoms with Crippen LogP contribution in [0.5, 0.6) is 0 Å². The highest BCUT2D eigenvalue weighted by molar-refractivity contribution is 6.18. The molecule has 1 aliphatic heterocycles. The lowest BCUT2D eigenvalue weighted by Crippen LogP contribution is -2.27.